The Labute approximate surface area is 152 Å². The molecule has 1 fully saturated rings. The summed E-state index contributed by atoms with van der Waals surface area (Å²) in [5.41, 5.74) is 2.17. The molecule has 0 radical (unpaired) electrons. The van der Waals surface area contributed by atoms with E-state index in [1.807, 2.05) is 30.3 Å². The van der Waals surface area contributed by atoms with Gasteiger partial charge in [0.1, 0.15) is 0 Å². The maximum absolute atomic E-state index is 12.6. The smallest absolute Gasteiger partial charge is 0.292 e. The van der Waals surface area contributed by atoms with Gasteiger partial charge in [0.15, 0.2) is 0 Å². The highest BCUT2D eigenvalue weighted by atomic mass is 16.2. The number of nitrogens with zero attached hydrogens (tertiary/aromatic N) is 3. The van der Waals surface area contributed by atoms with Gasteiger partial charge in [-0.1, -0.05) is 18.2 Å². The zero-order chi connectivity index (χ0) is 18.7. The van der Waals surface area contributed by atoms with Crippen LogP contribution in [0.4, 0.5) is 0 Å². The van der Waals surface area contributed by atoms with Crippen LogP contribution in [0.2, 0.25) is 0 Å². The molecular weight excluding hydrogens is 332 g/mol. The molecule has 1 saturated heterocycles. The van der Waals surface area contributed by atoms with E-state index in [1.165, 1.54) is 0 Å². The fourth-order valence-electron chi connectivity index (χ4n) is 3.22. The molecule has 2 aromatic rings. The zero-order valence-corrected chi connectivity index (χ0v) is 15.0. The summed E-state index contributed by atoms with van der Waals surface area (Å²) < 4.78 is 1.64. The summed E-state index contributed by atoms with van der Waals surface area (Å²) in [6, 6.07) is 9.41. The van der Waals surface area contributed by atoms with E-state index in [4.69, 9.17) is 0 Å². The van der Waals surface area contributed by atoms with Crippen LogP contribution in [0.25, 0.3) is 5.69 Å². The van der Waals surface area contributed by atoms with Gasteiger partial charge >= 0.3 is 0 Å². The molecule has 1 aromatic carbocycles. The lowest BCUT2D eigenvalue weighted by atomic mass is 10.1. The topological polar surface area (TPSA) is 84.3 Å². The van der Waals surface area contributed by atoms with E-state index in [9.17, 15) is 14.4 Å². The Morgan fingerprint density at radius 3 is 2.38 bits per heavy atom. The Kier molecular flexibility index (Phi) is 5.16. The molecule has 3 rings (SSSR count). The van der Waals surface area contributed by atoms with Crippen molar-refractivity contribution in [2.45, 2.75) is 26.7 Å². The molecule has 0 unspecified atom stereocenters. The predicted octanol–water partition coefficient (Wildman–Crippen LogP) is 1.41. The average Bonchev–Trinajstić information content (AvgIpc) is 3.28. The number of aromatic nitrogens is 2. The molecule has 0 bridgehead atoms. The van der Waals surface area contributed by atoms with Gasteiger partial charge in [-0.25, -0.2) is 4.68 Å². The van der Waals surface area contributed by atoms with Gasteiger partial charge in [0.2, 0.25) is 5.91 Å². The molecule has 2 heterocycles. The highest BCUT2D eigenvalue weighted by Gasteiger charge is 2.26. The number of hydrogen-bond donors (Lipinski definition) is 1. The minimum atomic E-state index is -0.781. The normalized spacial score (nSPS) is 13.7. The van der Waals surface area contributed by atoms with Crippen molar-refractivity contribution in [2.75, 3.05) is 19.6 Å². The number of amides is 2. The Bertz CT molecular complexity index is 836. The van der Waals surface area contributed by atoms with Gasteiger partial charge < -0.3 is 10.2 Å². The van der Waals surface area contributed by atoms with Crippen LogP contribution < -0.4 is 5.32 Å². The number of carbonyl (C=O) groups excluding carboxylic acids is 3. The van der Waals surface area contributed by atoms with Gasteiger partial charge in [-0.3, -0.25) is 14.4 Å². The summed E-state index contributed by atoms with van der Waals surface area (Å²) in [7, 11) is 0. The van der Waals surface area contributed by atoms with Gasteiger partial charge in [-0.2, -0.15) is 5.10 Å². The lowest BCUT2D eigenvalue weighted by Gasteiger charge is -2.15. The van der Waals surface area contributed by atoms with Crippen LogP contribution in [0, 0.1) is 13.8 Å². The van der Waals surface area contributed by atoms with Gasteiger partial charge in [0.05, 0.1) is 29.2 Å². The molecule has 0 spiro atoms. The summed E-state index contributed by atoms with van der Waals surface area (Å²) in [4.78, 5) is 38.5. The van der Waals surface area contributed by atoms with Crippen LogP contribution in [0.5, 0.6) is 0 Å². The highest BCUT2D eigenvalue weighted by Crippen LogP contribution is 2.18. The molecule has 7 heteroatoms. The van der Waals surface area contributed by atoms with E-state index in [0.717, 1.165) is 18.5 Å². The van der Waals surface area contributed by atoms with Crippen molar-refractivity contribution in [1.82, 2.24) is 20.0 Å². The van der Waals surface area contributed by atoms with Crippen molar-refractivity contribution >= 4 is 17.6 Å². The summed E-state index contributed by atoms with van der Waals surface area (Å²) >= 11 is 0. The number of rotatable bonds is 5. The average molecular weight is 354 g/mol. The zero-order valence-electron chi connectivity index (χ0n) is 15.0. The summed E-state index contributed by atoms with van der Waals surface area (Å²) in [5.74, 6) is -1.61. The molecular formula is C19H22N4O3. The lowest BCUT2D eigenvalue weighted by Crippen LogP contribution is -2.41. The number of hydrogen-bond acceptors (Lipinski definition) is 4. The number of Topliss-reactive ketones (excluding diaryl/α,β-unsaturated/α-hetero) is 1. The van der Waals surface area contributed by atoms with E-state index in [-0.39, 0.29) is 18.0 Å². The molecule has 2 amide bonds. The first-order valence-electron chi connectivity index (χ1n) is 8.71. The van der Waals surface area contributed by atoms with Gasteiger partial charge in [0, 0.05) is 13.1 Å². The summed E-state index contributed by atoms with van der Waals surface area (Å²) in [6.07, 6.45) is 1.96. The van der Waals surface area contributed by atoms with E-state index in [0.29, 0.717) is 24.5 Å². The fourth-order valence-corrected chi connectivity index (χ4v) is 3.22. The minimum Gasteiger partial charge on any atom is -0.341 e. The fraction of sp³-hybridized carbons (Fsp3) is 0.368. The monoisotopic (exact) mass is 354 g/mol. The molecule has 1 aromatic heterocycles. The van der Waals surface area contributed by atoms with Crippen LogP contribution in [-0.4, -0.2) is 51.9 Å². The quantitative estimate of drug-likeness (QED) is 0.650. The first-order valence-corrected chi connectivity index (χ1v) is 8.71. The van der Waals surface area contributed by atoms with Crippen molar-refractivity contribution in [3.63, 3.8) is 0 Å². The molecule has 1 aliphatic rings. The van der Waals surface area contributed by atoms with E-state index in [1.54, 1.807) is 23.4 Å². The SMILES string of the molecule is Cc1nn(-c2ccccc2)c(C)c1C(=O)C(=O)NCC(=O)N1CCCC1. The number of nitrogens with one attached hydrogen (secondary N) is 1. The second-order valence-electron chi connectivity index (χ2n) is 6.39. The summed E-state index contributed by atoms with van der Waals surface area (Å²) in [5, 5.41) is 6.83. The van der Waals surface area contributed by atoms with E-state index >= 15 is 0 Å². The largest absolute Gasteiger partial charge is 0.341 e. The number of aryl methyl sites for hydroxylation is 1. The van der Waals surface area contributed by atoms with Crippen LogP contribution in [0.3, 0.4) is 0 Å². The number of carbonyl (C=O) groups is 3. The molecule has 7 nitrogen and oxygen atoms in total. The number of benzene rings is 1. The molecule has 136 valence electrons. The Morgan fingerprint density at radius 1 is 1.08 bits per heavy atom. The van der Waals surface area contributed by atoms with E-state index < -0.39 is 11.7 Å². The third kappa shape index (κ3) is 3.51. The van der Waals surface area contributed by atoms with Crippen LogP contribution >= 0.6 is 0 Å². The lowest BCUT2D eigenvalue weighted by molar-refractivity contribution is -0.131. The Morgan fingerprint density at radius 2 is 1.73 bits per heavy atom. The van der Waals surface area contributed by atoms with Crippen molar-refractivity contribution in [3.05, 3.63) is 47.3 Å². The number of para-hydroxylation sites is 1. The van der Waals surface area contributed by atoms with Crippen molar-refractivity contribution in [3.8, 4) is 5.69 Å². The molecule has 0 saturated carbocycles. The van der Waals surface area contributed by atoms with Gasteiger partial charge in [-0.15, -0.1) is 0 Å². The molecule has 1 N–H and O–H groups in total. The van der Waals surface area contributed by atoms with Crippen molar-refractivity contribution < 1.29 is 14.4 Å². The standard InChI is InChI=1S/C19H22N4O3/c1-13-17(14(2)23(21-13)15-8-4-3-5-9-15)18(25)19(26)20-12-16(24)22-10-6-7-11-22/h3-5,8-9H,6-7,10-12H2,1-2H3,(H,20,26). The minimum absolute atomic E-state index is 0.155. The first-order chi connectivity index (χ1) is 12.5. The van der Waals surface area contributed by atoms with Crippen molar-refractivity contribution in [1.29, 1.82) is 0 Å². The number of likely N-dealkylation sites (tertiary alicyclic amines) is 1. The molecule has 26 heavy (non-hydrogen) atoms. The molecule has 1 aliphatic heterocycles. The third-order valence-corrected chi connectivity index (χ3v) is 4.58. The van der Waals surface area contributed by atoms with Crippen LogP contribution in [0.1, 0.15) is 34.6 Å². The van der Waals surface area contributed by atoms with Crippen LogP contribution in [0.15, 0.2) is 30.3 Å². The first kappa shape index (κ1) is 17.8. The van der Waals surface area contributed by atoms with Gasteiger partial charge in [-0.05, 0) is 38.8 Å². The van der Waals surface area contributed by atoms with Gasteiger partial charge in [0.25, 0.3) is 11.7 Å². The number of ketones is 1. The Hall–Kier alpha value is -2.96. The second kappa shape index (κ2) is 7.51. The highest BCUT2D eigenvalue weighted by molar-refractivity contribution is 6.43. The maximum Gasteiger partial charge on any atom is 0.292 e. The third-order valence-electron chi connectivity index (χ3n) is 4.58. The predicted molar refractivity (Wildman–Crippen MR) is 96.2 cm³/mol. The van der Waals surface area contributed by atoms with Crippen LogP contribution in [-0.2, 0) is 9.59 Å². The Balaban J connectivity index is 1.72. The maximum atomic E-state index is 12.6. The molecule has 0 atom stereocenters. The summed E-state index contributed by atoms with van der Waals surface area (Å²) in [6.45, 7) is 4.72. The van der Waals surface area contributed by atoms with E-state index in [2.05, 4.69) is 10.4 Å². The second-order valence-corrected chi connectivity index (χ2v) is 6.39. The molecule has 0 aliphatic carbocycles. The van der Waals surface area contributed by atoms with Crippen molar-refractivity contribution in [2.24, 2.45) is 0 Å².